The molecule has 1 rings (SSSR count). The topological polar surface area (TPSA) is 46.5 Å². The number of esters is 1. The van der Waals surface area contributed by atoms with Gasteiger partial charge in [0.05, 0.1) is 0 Å². The number of rotatable bonds is 6. The van der Waals surface area contributed by atoms with Crippen molar-refractivity contribution in [3.8, 4) is 11.5 Å². The molecule has 3 heteroatoms. The molecule has 18 heavy (non-hydrogen) atoms. The Balaban J connectivity index is 2.69. The van der Waals surface area contributed by atoms with Gasteiger partial charge >= 0.3 is 5.97 Å². The summed E-state index contributed by atoms with van der Waals surface area (Å²) in [5.74, 6) is 1.02. The zero-order valence-corrected chi connectivity index (χ0v) is 11.4. The normalized spacial score (nSPS) is 10.7. The molecule has 1 N–H and O–H groups in total. The number of aromatic hydroxyl groups is 1. The molecule has 0 heterocycles. The molecule has 0 radical (unpaired) electrons. The molecule has 0 aliphatic carbocycles. The van der Waals surface area contributed by atoms with Gasteiger partial charge in [-0.05, 0) is 42.5 Å². The Morgan fingerprint density at radius 1 is 1.39 bits per heavy atom. The summed E-state index contributed by atoms with van der Waals surface area (Å²) in [4.78, 5) is 11.5. The SMILES string of the molecule is CCCCC(=O)Oc1ccc(O)c(CC(C)C)c1. The van der Waals surface area contributed by atoms with Gasteiger partial charge in [-0.25, -0.2) is 0 Å². The van der Waals surface area contributed by atoms with Crippen LogP contribution >= 0.6 is 0 Å². The molecule has 0 aromatic heterocycles. The van der Waals surface area contributed by atoms with E-state index in [4.69, 9.17) is 4.74 Å². The van der Waals surface area contributed by atoms with Crippen LogP contribution in [0.2, 0.25) is 0 Å². The van der Waals surface area contributed by atoms with Gasteiger partial charge in [0.2, 0.25) is 0 Å². The molecule has 1 aromatic carbocycles. The highest BCUT2D eigenvalue weighted by Crippen LogP contribution is 2.25. The summed E-state index contributed by atoms with van der Waals surface area (Å²) in [7, 11) is 0. The quantitative estimate of drug-likeness (QED) is 0.618. The summed E-state index contributed by atoms with van der Waals surface area (Å²) in [6.45, 7) is 6.20. The number of hydrogen-bond donors (Lipinski definition) is 1. The average molecular weight is 250 g/mol. The summed E-state index contributed by atoms with van der Waals surface area (Å²) in [5, 5.41) is 9.72. The van der Waals surface area contributed by atoms with E-state index >= 15 is 0 Å². The molecular weight excluding hydrogens is 228 g/mol. The molecular formula is C15H22O3. The number of phenols is 1. The second kappa shape index (κ2) is 7.04. The van der Waals surface area contributed by atoms with Crippen molar-refractivity contribution >= 4 is 5.97 Å². The van der Waals surface area contributed by atoms with E-state index in [0.29, 0.717) is 18.1 Å². The van der Waals surface area contributed by atoms with E-state index in [2.05, 4.69) is 13.8 Å². The van der Waals surface area contributed by atoms with Crippen LogP contribution in [0.25, 0.3) is 0 Å². The molecule has 0 atom stereocenters. The minimum Gasteiger partial charge on any atom is -0.508 e. The molecule has 0 amide bonds. The molecule has 100 valence electrons. The molecule has 0 saturated heterocycles. The minimum atomic E-state index is -0.210. The first kappa shape index (κ1) is 14.6. The monoisotopic (exact) mass is 250 g/mol. The maximum atomic E-state index is 11.5. The predicted octanol–water partition coefficient (Wildman–Crippen LogP) is 3.69. The molecule has 0 unspecified atom stereocenters. The van der Waals surface area contributed by atoms with Crippen molar-refractivity contribution < 1.29 is 14.6 Å². The number of carbonyl (C=O) groups excluding carboxylic acids is 1. The van der Waals surface area contributed by atoms with Crippen LogP contribution in [-0.2, 0) is 11.2 Å². The fourth-order valence-corrected chi connectivity index (χ4v) is 1.73. The third-order valence-electron chi connectivity index (χ3n) is 2.65. The molecule has 0 saturated carbocycles. The van der Waals surface area contributed by atoms with E-state index in [1.54, 1.807) is 18.2 Å². The first-order chi connectivity index (χ1) is 8.52. The molecule has 0 fully saturated rings. The lowest BCUT2D eigenvalue weighted by Crippen LogP contribution is -2.07. The van der Waals surface area contributed by atoms with Crippen molar-refractivity contribution in [3.63, 3.8) is 0 Å². The van der Waals surface area contributed by atoms with Crippen molar-refractivity contribution in [3.05, 3.63) is 23.8 Å². The molecule has 0 aliphatic rings. The van der Waals surface area contributed by atoms with Crippen LogP contribution in [0.1, 0.15) is 45.6 Å². The fraction of sp³-hybridized carbons (Fsp3) is 0.533. The summed E-state index contributed by atoms with van der Waals surface area (Å²) >= 11 is 0. The highest BCUT2D eigenvalue weighted by atomic mass is 16.5. The van der Waals surface area contributed by atoms with Crippen molar-refractivity contribution in [1.29, 1.82) is 0 Å². The van der Waals surface area contributed by atoms with Crippen LogP contribution in [0.3, 0.4) is 0 Å². The van der Waals surface area contributed by atoms with E-state index < -0.39 is 0 Å². The van der Waals surface area contributed by atoms with E-state index in [9.17, 15) is 9.90 Å². The number of phenolic OH excluding ortho intramolecular Hbond substituents is 1. The summed E-state index contributed by atoms with van der Waals surface area (Å²) in [6, 6.07) is 4.96. The van der Waals surface area contributed by atoms with Gasteiger partial charge in [-0.15, -0.1) is 0 Å². The molecule has 0 aliphatic heterocycles. The number of hydrogen-bond acceptors (Lipinski definition) is 3. The van der Waals surface area contributed by atoms with Crippen molar-refractivity contribution in [2.24, 2.45) is 5.92 Å². The van der Waals surface area contributed by atoms with Crippen LogP contribution in [-0.4, -0.2) is 11.1 Å². The van der Waals surface area contributed by atoms with E-state index in [-0.39, 0.29) is 11.7 Å². The number of ether oxygens (including phenoxy) is 1. The summed E-state index contributed by atoms with van der Waals surface area (Å²) < 4.78 is 5.24. The third kappa shape index (κ3) is 4.78. The highest BCUT2D eigenvalue weighted by molar-refractivity contribution is 5.72. The second-order valence-electron chi connectivity index (χ2n) is 4.97. The highest BCUT2D eigenvalue weighted by Gasteiger charge is 2.09. The first-order valence-electron chi connectivity index (χ1n) is 6.55. The molecule has 0 spiro atoms. The van der Waals surface area contributed by atoms with Gasteiger partial charge < -0.3 is 9.84 Å². The van der Waals surface area contributed by atoms with Gasteiger partial charge in [0.1, 0.15) is 11.5 Å². The Morgan fingerprint density at radius 2 is 2.11 bits per heavy atom. The Kier molecular flexibility index (Phi) is 5.69. The number of unbranched alkanes of at least 4 members (excludes halogenated alkanes) is 1. The largest absolute Gasteiger partial charge is 0.508 e. The van der Waals surface area contributed by atoms with Crippen LogP contribution < -0.4 is 4.74 Å². The zero-order valence-electron chi connectivity index (χ0n) is 11.4. The van der Waals surface area contributed by atoms with Crippen molar-refractivity contribution in [2.75, 3.05) is 0 Å². The number of carbonyl (C=O) groups is 1. The van der Waals surface area contributed by atoms with Crippen molar-refractivity contribution in [2.45, 2.75) is 46.5 Å². The summed E-state index contributed by atoms with van der Waals surface area (Å²) in [5.41, 5.74) is 0.825. The second-order valence-corrected chi connectivity index (χ2v) is 4.97. The van der Waals surface area contributed by atoms with Gasteiger partial charge in [0.25, 0.3) is 0 Å². The zero-order chi connectivity index (χ0) is 13.5. The van der Waals surface area contributed by atoms with E-state index in [0.717, 1.165) is 24.8 Å². The Hall–Kier alpha value is -1.51. The molecule has 0 bridgehead atoms. The molecule has 3 nitrogen and oxygen atoms in total. The smallest absolute Gasteiger partial charge is 0.311 e. The van der Waals surface area contributed by atoms with E-state index in [1.807, 2.05) is 6.92 Å². The maximum Gasteiger partial charge on any atom is 0.311 e. The maximum absolute atomic E-state index is 11.5. The Labute approximate surface area is 109 Å². The Morgan fingerprint density at radius 3 is 2.72 bits per heavy atom. The first-order valence-corrected chi connectivity index (χ1v) is 6.55. The van der Waals surface area contributed by atoms with Crippen LogP contribution in [0.5, 0.6) is 11.5 Å². The van der Waals surface area contributed by atoms with Crippen molar-refractivity contribution in [1.82, 2.24) is 0 Å². The van der Waals surface area contributed by atoms with Crippen LogP contribution in [0.4, 0.5) is 0 Å². The lowest BCUT2D eigenvalue weighted by Gasteiger charge is -2.10. The fourth-order valence-electron chi connectivity index (χ4n) is 1.73. The van der Waals surface area contributed by atoms with Crippen LogP contribution in [0.15, 0.2) is 18.2 Å². The van der Waals surface area contributed by atoms with Gasteiger partial charge in [-0.1, -0.05) is 27.2 Å². The predicted molar refractivity (Wildman–Crippen MR) is 71.8 cm³/mol. The lowest BCUT2D eigenvalue weighted by molar-refractivity contribution is -0.134. The minimum absolute atomic E-state index is 0.210. The van der Waals surface area contributed by atoms with Gasteiger partial charge in [-0.2, -0.15) is 0 Å². The van der Waals surface area contributed by atoms with Gasteiger partial charge in [-0.3, -0.25) is 4.79 Å². The number of benzene rings is 1. The van der Waals surface area contributed by atoms with Gasteiger partial charge in [0.15, 0.2) is 0 Å². The lowest BCUT2D eigenvalue weighted by atomic mass is 10.0. The standard InChI is InChI=1S/C15H22O3/c1-4-5-6-15(17)18-13-7-8-14(16)12(10-13)9-11(2)3/h7-8,10-11,16H,4-6,9H2,1-3H3. The van der Waals surface area contributed by atoms with Gasteiger partial charge in [0, 0.05) is 6.42 Å². The Bertz CT molecular complexity index is 397. The molecule has 1 aromatic rings. The van der Waals surface area contributed by atoms with Crippen LogP contribution in [0, 0.1) is 5.92 Å². The average Bonchev–Trinajstić information content (AvgIpc) is 2.30. The third-order valence-corrected chi connectivity index (χ3v) is 2.65. The summed E-state index contributed by atoms with van der Waals surface area (Å²) in [6.07, 6.45) is 3.03. The van der Waals surface area contributed by atoms with E-state index in [1.165, 1.54) is 0 Å².